The molecule has 0 bridgehead atoms. The van der Waals surface area contributed by atoms with Crippen molar-refractivity contribution in [1.29, 1.82) is 0 Å². The summed E-state index contributed by atoms with van der Waals surface area (Å²) in [5.74, 6) is -0.213. The zero-order valence-electron chi connectivity index (χ0n) is 26.5. The number of hydrazone groups is 1. The maximum Gasteiger partial charge on any atom is 0.255 e. The molecule has 10 nitrogen and oxygen atoms in total. The number of aromatic nitrogens is 2. The van der Waals surface area contributed by atoms with Crippen LogP contribution in [0.15, 0.2) is 133 Å². The summed E-state index contributed by atoms with van der Waals surface area (Å²) in [4.78, 5) is 36.6. The van der Waals surface area contributed by atoms with Gasteiger partial charge in [-0.3, -0.25) is 14.6 Å². The van der Waals surface area contributed by atoms with Crippen LogP contribution in [-0.2, 0) is 4.79 Å². The zero-order chi connectivity index (χ0) is 32.8. The molecule has 4 aromatic rings. The lowest BCUT2D eigenvalue weighted by atomic mass is 9.78. The van der Waals surface area contributed by atoms with Crippen LogP contribution in [0.4, 0.5) is 23.0 Å². The van der Waals surface area contributed by atoms with Crippen molar-refractivity contribution < 1.29 is 9.59 Å². The van der Waals surface area contributed by atoms with E-state index in [0.717, 1.165) is 22.7 Å². The molecular weight excluding hydrogens is 588 g/mol. The van der Waals surface area contributed by atoms with E-state index < -0.39 is 5.54 Å². The molecule has 2 aliphatic heterocycles. The topological polar surface area (TPSA) is 115 Å². The van der Waals surface area contributed by atoms with E-state index in [1.807, 2.05) is 72.7 Å². The molecule has 0 saturated heterocycles. The molecule has 10 heteroatoms. The highest BCUT2D eigenvalue weighted by Gasteiger charge is 2.48. The molecule has 1 aromatic heterocycles. The van der Waals surface area contributed by atoms with Gasteiger partial charge in [-0.05, 0) is 81.2 Å². The van der Waals surface area contributed by atoms with E-state index in [1.165, 1.54) is 6.08 Å². The van der Waals surface area contributed by atoms with Crippen LogP contribution in [0.25, 0.3) is 0 Å². The zero-order valence-corrected chi connectivity index (χ0v) is 26.5. The van der Waals surface area contributed by atoms with Gasteiger partial charge in [0.15, 0.2) is 0 Å². The summed E-state index contributed by atoms with van der Waals surface area (Å²) in [7, 11) is 3.85. The molecule has 47 heavy (non-hydrogen) atoms. The summed E-state index contributed by atoms with van der Waals surface area (Å²) in [6.07, 6.45) is 13.2. The van der Waals surface area contributed by atoms with Crippen molar-refractivity contribution in [1.82, 2.24) is 19.9 Å². The van der Waals surface area contributed by atoms with E-state index in [-0.39, 0.29) is 17.7 Å². The molecule has 3 heterocycles. The van der Waals surface area contributed by atoms with Crippen molar-refractivity contribution in [2.75, 3.05) is 36.6 Å². The molecule has 2 atom stereocenters. The normalized spacial score (nSPS) is 18.3. The Hall–Kier alpha value is -5.87. The molecule has 3 aromatic carbocycles. The van der Waals surface area contributed by atoms with Crippen LogP contribution in [0.5, 0.6) is 0 Å². The number of nitrogens with one attached hydrogen (secondary N) is 3. The lowest BCUT2D eigenvalue weighted by Crippen LogP contribution is -2.42. The summed E-state index contributed by atoms with van der Waals surface area (Å²) in [6.45, 7) is 2.82. The molecule has 0 radical (unpaired) electrons. The fourth-order valence-corrected chi connectivity index (χ4v) is 5.57. The molecule has 2 aliphatic rings. The van der Waals surface area contributed by atoms with Gasteiger partial charge in [0.1, 0.15) is 0 Å². The highest BCUT2D eigenvalue weighted by Crippen LogP contribution is 2.44. The number of allylic oxidation sites excluding steroid dienone is 2. The summed E-state index contributed by atoms with van der Waals surface area (Å²) < 4.78 is 0. The number of hydrogen-bond acceptors (Lipinski definition) is 8. The predicted molar refractivity (Wildman–Crippen MR) is 187 cm³/mol. The monoisotopic (exact) mass is 624 g/mol. The Morgan fingerprint density at radius 2 is 1.70 bits per heavy atom. The molecular formula is C37H36N8O2. The summed E-state index contributed by atoms with van der Waals surface area (Å²) >= 11 is 0. The lowest BCUT2D eigenvalue weighted by molar-refractivity contribution is -0.111. The number of likely N-dealkylation sites (N-methyl/N-ethyl adjacent to an activating group) is 1. The largest absolute Gasteiger partial charge is 0.324 e. The van der Waals surface area contributed by atoms with E-state index in [1.54, 1.807) is 48.7 Å². The van der Waals surface area contributed by atoms with Crippen molar-refractivity contribution >= 4 is 40.5 Å². The van der Waals surface area contributed by atoms with E-state index in [9.17, 15) is 9.59 Å². The number of benzene rings is 3. The number of amides is 2. The van der Waals surface area contributed by atoms with E-state index >= 15 is 0 Å². The van der Waals surface area contributed by atoms with E-state index in [0.29, 0.717) is 29.4 Å². The number of fused-ring (bicyclic) bond motifs is 1. The van der Waals surface area contributed by atoms with Gasteiger partial charge in [0.25, 0.3) is 5.91 Å². The smallest absolute Gasteiger partial charge is 0.255 e. The van der Waals surface area contributed by atoms with Crippen LogP contribution in [-0.4, -0.2) is 63.6 Å². The Labute approximate surface area is 274 Å². The Morgan fingerprint density at radius 3 is 2.49 bits per heavy atom. The second-order valence-electron chi connectivity index (χ2n) is 11.8. The quantitative estimate of drug-likeness (QED) is 0.181. The molecule has 3 N–H and O–H groups in total. The van der Waals surface area contributed by atoms with Gasteiger partial charge in [-0.2, -0.15) is 5.10 Å². The molecule has 2 unspecified atom stereocenters. The summed E-state index contributed by atoms with van der Waals surface area (Å²) in [5, 5.41) is 16.0. The van der Waals surface area contributed by atoms with Crippen molar-refractivity contribution in [2.24, 2.45) is 5.10 Å². The Balaban J connectivity index is 1.13. The third-order valence-electron chi connectivity index (χ3n) is 7.91. The van der Waals surface area contributed by atoms with Gasteiger partial charge in [-0.1, -0.05) is 54.6 Å². The molecule has 236 valence electrons. The summed E-state index contributed by atoms with van der Waals surface area (Å²) in [5.41, 5.74) is 4.77. The highest BCUT2D eigenvalue weighted by molar-refractivity contribution is 6.07. The van der Waals surface area contributed by atoms with Crippen molar-refractivity contribution in [3.63, 3.8) is 0 Å². The maximum atomic E-state index is 13.0. The van der Waals surface area contributed by atoms with Crippen LogP contribution in [0.3, 0.4) is 0 Å². The number of nitrogens with zero attached hydrogens (tertiary/aromatic N) is 5. The first-order chi connectivity index (χ1) is 22.8. The Bertz CT molecular complexity index is 1880. The number of anilines is 4. The Kier molecular flexibility index (Phi) is 9.03. The second kappa shape index (κ2) is 13.6. The number of carbonyl (C=O) groups is 2. The first kappa shape index (κ1) is 31.1. The van der Waals surface area contributed by atoms with Gasteiger partial charge in [-0.15, -0.1) is 0 Å². The van der Waals surface area contributed by atoms with Gasteiger partial charge < -0.3 is 20.9 Å². The molecule has 0 spiro atoms. The third kappa shape index (κ3) is 7.18. The Morgan fingerprint density at radius 1 is 0.915 bits per heavy atom. The van der Waals surface area contributed by atoms with Crippen molar-refractivity contribution in [2.45, 2.75) is 18.4 Å². The lowest BCUT2D eigenvalue weighted by Gasteiger charge is -2.36. The van der Waals surface area contributed by atoms with Gasteiger partial charge in [0.2, 0.25) is 11.9 Å². The van der Waals surface area contributed by atoms with Gasteiger partial charge in [0.05, 0.1) is 22.9 Å². The predicted octanol–water partition coefficient (Wildman–Crippen LogP) is 6.17. The first-order valence-electron chi connectivity index (χ1n) is 15.3. The third-order valence-corrected chi connectivity index (χ3v) is 7.91. The molecule has 6 rings (SSSR count). The van der Waals surface area contributed by atoms with Gasteiger partial charge in [-0.25, -0.2) is 9.97 Å². The SMILES string of the molecule is CN(C)C/C=C/C(=O)Nc1cccc(C(=O)Nc2ccc(Nc3nccc(C4C(c5ccccc5)=NN5C=CC=CC45C)n3)cc2)c1. The summed E-state index contributed by atoms with van der Waals surface area (Å²) in [6, 6.07) is 26.3. The van der Waals surface area contributed by atoms with Crippen molar-refractivity contribution in [3.8, 4) is 0 Å². The van der Waals surface area contributed by atoms with Crippen LogP contribution in [0.1, 0.15) is 34.5 Å². The molecule has 2 amide bonds. The van der Waals surface area contributed by atoms with Crippen LogP contribution in [0, 0.1) is 0 Å². The maximum absolute atomic E-state index is 13.0. The number of rotatable bonds is 10. The van der Waals surface area contributed by atoms with Crippen molar-refractivity contribution in [3.05, 3.63) is 145 Å². The fraction of sp³-hybridized carbons (Fsp3) is 0.162. The van der Waals surface area contributed by atoms with Crippen LogP contribution < -0.4 is 16.0 Å². The second-order valence-corrected chi connectivity index (χ2v) is 11.8. The van der Waals surface area contributed by atoms with Crippen LogP contribution >= 0.6 is 0 Å². The molecule has 0 fully saturated rings. The highest BCUT2D eigenvalue weighted by atomic mass is 16.2. The fourth-order valence-electron chi connectivity index (χ4n) is 5.57. The standard InChI is InChI=1S/C37H36N8O2/c1-37-21-7-8-24-45(37)43-34(26-11-5-4-6-12-26)33(37)31-20-22-38-36(42-31)41-29-18-16-28(17-19-29)40-35(47)27-13-9-14-30(25-27)39-32(46)15-10-23-44(2)3/h4-22,24-25,33H,23H2,1-3H3,(H,39,46)(H,40,47)(H,38,41,42)/b15-10+. The van der Waals surface area contributed by atoms with E-state index in [2.05, 4.69) is 52.1 Å². The van der Waals surface area contributed by atoms with Gasteiger partial charge in [0, 0.05) is 47.6 Å². The molecule has 0 aliphatic carbocycles. The number of hydrogen-bond donors (Lipinski definition) is 3. The van der Waals surface area contributed by atoms with Gasteiger partial charge >= 0.3 is 0 Å². The minimum absolute atomic E-state index is 0.126. The number of carbonyl (C=O) groups excluding carboxylic acids is 2. The van der Waals surface area contributed by atoms with E-state index in [4.69, 9.17) is 10.1 Å². The van der Waals surface area contributed by atoms with Crippen LogP contribution in [0.2, 0.25) is 0 Å². The minimum Gasteiger partial charge on any atom is -0.324 e. The average molecular weight is 625 g/mol. The average Bonchev–Trinajstić information content (AvgIpc) is 3.39. The first-order valence-corrected chi connectivity index (χ1v) is 15.3. The molecule has 0 saturated carbocycles. The minimum atomic E-state index is -0.417.